The van der Waals surface area contributed by atoms with Crippen LogP contribution in [0.4, 0.5) is 11.4 Å². The van der Waals surface area contributed by atoms with Crippen LogP contribution in [0.3, 0.4) is 0 Å². The predicted molar refractivity (Wildman–Crippen MR) is 111 cm³/mol. The number of benzene rings is 1. The van der Waals surface area contributed by atoms with E-state index in [1.165, 1.54) is 6.07 Å². The number of hydrogen-bond donors (Lipinski definition) is 0. The SMILES string of the molecule is CC(C)CC(=O)N1CCN(C(=O)c2ccc(N3CCCCC3)c([N+](=O)[O-])c2)CC1. The quantitative estimate of drug-likeness (QED) is 0.558. The van der Waals surface area contributed by atoms with E-state index in [0.717, 1.165) is 32.4 Å². The highest BCUT2D eigenvalue weighted by atomic mass is 16.6. The van der Waals surface area contributed by atoms with Crippen molar-refractivity contribution in [3.05, 3.63) is 33.9 Å². The lowest BCUT2D eigenvalue weighted by atomic mass is 10.1. The van der Waals surface area contributed by atoms with E-state index in [-0.39, 0.29) is 17.5 Å². The number of amides is 2. The Labute approximate surface area is 171 Å². The van der Waals surface area contributed by atoms with Gasteiger partial charge in [-0.15, -0.1) is 0 Å². The number of hydrogen-bond acceptors (Lipinski definition) is 5. The van der Waals surface area contributed by atoms with Crippen molar-refractivity contribution in [3.63, 3.8) is 0 Å². The molecular weight excluding hydrogens is 372 g/mol. The van der Waals surface area contributed by atoms with Gasteiger partial charge in [-0.05, 0) is 37.3 Å². The molecule has 0 radical (unpaired) electrons. The largest absolute Gasteiger partial charge is 0.366 e. The minimum Gasteiger partial charge on any atom is -0.366 e. The second kappa shape index (κ2) is 9.24. The summed E-state index contributed by atoms with van der Waals surface area (Å²) in [7, 11) is 0. The van der Waals surface area contributed by atoms with Gasteiger partial charge in [0, 0.05) is 57.3 Å². The van der Waals surface area contributed by atoms with Gasteiger partial charge in [0.25, 0.3) is 11.6 Å². The van der Waals surface area contributed by atoms with Crippen LogP contribution in [0.1, 0.15) is 49.9 Å². The second-order valence-electron chi connectivity index (χ2n) is 8.28. The summed E-state index contributed by atoms with van der Waals surface area (Å²) in [5.41, 5.74) is 0.915. The molecule has 0 atom stereocenters. The molecule has 0 N–H and O–H groups in total. The smallest absolute Gasteiger partial charge is 0.293 e. The first-order valence-corrected chi connectivity index (χ1v) is 10.5. The Hall–Kier alpha value is -2.64. The number of carbonyl (C=O) groups is 2. The van der Waals surface area contributed by atoms with E-state index in [9.17, 15) is 19.7 Å². The topological polar surface area (TPSA) is 87.0 Å². The minimum absolute atomic E-state index is 0.0107. The zero-order chi connectivity index (χ0) is 21.0. The Balaban J connectivity index is 1.69. The second-order valence-corrected chi connectivity index (χ2v) is 8.28. The number of nitro groups is 1. The van der Waals surface area contributed by atoms with Gasteiger partial charge in [-0.3, -0.25) is 19.7 Å². The van der Waals surface area contributed by atoms with Crippen molar-refractivity contribution in [1.82, 2.24) is 9.80 Å². The van der Waals surface area contributed by atoms with Crippen LogP contribution >= 0.6 is 0 Å². The van der Waals surface area contributed by atoms with E-state index >= 15 is 0 Å². The molecule has 2 amide bonds. The van der Waals surface area contributed by atoms with Crippen molar-refractivity contribution in [2.24, 2.45) is 5.92 Å². The number of rotatable bonds is 5. The van der Waals surface area contributed by atoms with Crippen LogP contribution in [0, 0.1) is 16.0 Å². The average molecular weight is 402 g/mol. The molecule has 0 unspecified atom stereocenters. The third-order valence-electron chi connectivity index (χ3n) is 5.62. The van der Waals surface area contributed by atoms with Gasteiger partial charge in [-0.2, -0.15) is 0 Å². The number of anilines is 1. The maximum atomic E-state index is 12.9. The van der Waals surface area contributed by atoms with Gasteiger partial charge in [-0.1, -0.05) is 13.8 Å². The lowest BCUT2D eigenvalue weighted by molar-refractivity contribution is -0.384. The van der Waals surface area contributed by atoms with Crippen LogP contribution in [0.2, 0.25) is 0 Å². The predicted octanol–water partition coefficient (Wildman–Crippen LogP) is 2.92. The third kappa shape index (κ3) is 5.05. The molecule has 0 spiro atoms. The molecule has 1 aromatic rings. The summed E-state index contributed by atoms with van der Waals surface area (Å²) in [4.78, 5) is 41.9. The number of nitrogens with zero attached hydrogens (tertiary/aromatic N) is 4. The molecular formula is C21H30N4O4. The Kier molecular flexibility index (Phi) is 6.71. The molecule has 3 rings (SSSR count). The lowest BCUT2D eigenvalue weighted by Crippen LogP contribution is -2.50. The number of piperidine rings is 1. The summed E-state index contributed by atoms with van der Waals surface area (Å²) in [6.45, 7) is 7.54. The molecule has 0 aromatic heterocycles. The Morgan fingerprint density at radius 3 is 2.21 bits per heavy atom. The summed E-state index contributed by atoms with van der Waals surface area (Å²) in [5.74, 6) is 0.212. The molecule has 2 heterocycles. The Morgan fingerprint density at radius 1 is 1.00 bits per heavy atom. The van der Waals surface area contributed by atoms with Crippen LogP contribution < -0.4 is 4.90 Å². The molecule has 2 aliphatic rings. The molecule has 29 heavy (non-hydrogen) atoms. The highest BCUT2D eigenvalue weighted by molar-refractivity contribution is 5.96. The number of carbonyl (C=O) groups excluding carboxylic acids is 2. The van der Waals surface area contributed by atoms with Gasteiger partial charge >= 0.3 is 0 Å². The standard InChI is InChI=1S/C21H30N4O4/c1-16(2)14-20(26)23-10-12-24(13-11-23)21(27)17-6-7-18(19(15-17)25(28)29)22-8-4-3-5-9-22/h6-7,15-16H,3-5,8-14H2,1-2H3. The van der Waals surface area contributed by atoms with E-state index < -0.39 is 4.92 Å². The van der Waals surface area contributed by atoms with Gasteiger partial charge in [0.05, 0.1) is 4.92 Å². The van der Waals surface area contributed by atoms with Gasteiger partial charge in [0.15, 0.2) is 0 Å². The zero-order valence-corrected chi connectivity index (χ0v) is 17.3. The molecule has 2 aliphatic heterocycles. The van der Waals surface area contributed by atoms with Gasteiger partial charge in [0.2, 0.25) is 5.91 Å². The van der Waals surface area contributed by atoms with E-state index in [1.54, 1.807) is 21.9 Å². The first kappa shape index (κ1) is 21.1. The van der Waals surface area contributed by atoms with Crippen molar-refractivity contribution < 1.29 is 14.5 Å². The fourth-order valence-corrected chi connectivity index (χ4v) is 4.02. The van der Waals surface area contributed by atoms with Crippen molar-refractivity contribution in [3.8, 4) is 0 Å². The fraction of sp³-hybridized carbons (Fsp3) is 0.619. The molecule has 0 saturated carbocycles. The van der Waals surface area contributed by atoms with Crippen molar-refractivity contribution in [2.45, 2.75) is 39.5 Å². The van der Waals surface area contributed by atoms with E-state index in [0.29, 0.717) is 49.8 Å². The summed E-state index contributed by atoms with van der Waals surface area (Å²) in [5, 5.41) is 11.6. The number of piperazine rings is 1. The summed E-state index contributed by atoms with van der Waals surface area (Å²) in [6.07, 6.45) is 3.71. The summed E-state index contributed by atoms with van der Waals surface area (Å²) in [6, 6.07) is 4.80. The third-order valence-corrected chi connectivity index (χ3v) is 5.62. The monoisotopic (exact) mass is 402 g/mol. The van der Waals surface area contributed by atoms with Crippen molar-refractivity contribution in [1.29, 1.82) is 0 Å². The van der Waals surface area contributed by atoms with Gasteiger partial charge < -0.3 is 14.7 Å². The zero-order valence-electron chi connectivity index (χ0n) is 17.3. The van der Waals surface area contributed by atoms with Crippen LogP contribution in [0.15, 0.2) is 18.2 Å². The molecule has 1 aromatic carbocycles. The summed E-state index contributed by atoms with van der Waals surface area (Å²) < 4.78 is 0. The van der Waals surface area contributed by atoms with Crippen LogP contribution in [-0.4, -0.2) is 65.8 Å². The molecule has 0 aliphatic carbocycles. The number of nitro benzene ring substituents is 1. The molecule has 2 saturated heterocycles. The highest BCUT2D eigenvalue weighted by Crippen LogP contribution is 2.31. The Morgan fingerprint density at radius 2 is 1.62 bits per heavy atom. The van der Waals surface area contributed by atoms with Crippen LogP contribution in [-0.2, 0) is 4.79 Å². The molecule has 8 heteroatoms. The molecule has 8 nitrogen and oxygen atoms in total. The minimum atomic E-state index is -0.400. The van der Waals surface area contributed by atoms with Gasteiger partial charge in [-0.25, -0.2) is 0 Å². The highest BCUT2D eigenvalue weighted by Gasteiger charge is 2.28. The Bertz CT molecular complexity index is 766. The normalized spacial score (nSPS) is 17.6. The lowest BCUT2D eigenvalue weighted by Gasteiger charge is -2.35. The van der Waals surface area contributed by atoms with E-state index in [4.69, 9.17) is 0 Å². The maximum Gasteiger partial charge on any atom is 0.293 e. The first-order valence-electron chi connectivity index (χ1n) is 10.5. The van der Waals surface area contributed by atoms with Crippen LogP contribution in [0.25, 0.3) is 0 Å². The van der Waals surface area contributed by atoms with Gasteiger partial charge in [0.1, 0.15) is 5.69 Å². The fourth-order valence-electron chi connectivity index (χ4n) is 4.02. The molecule has 158 valence electrons. The molecule has 2 fully saturated rings. The summed E-state index contributed by atoms with van der Waals surface area (Å²) >= 11 is 0. The van der Waals surface area contributed by atoms with E-state index in [2.05, 4.69) is 0 Å². The first-order chi connectivity index (χ1) is 13.9. The van der Waals surface area contributed by atoms with E-state index in [1.807, 2.05) is 18.7 Å². The van der Waals surface area contributed by atoms with Crippen LogP contribution in [0.5, 0.6) is 0 Å². The van der Waals surface area contributed by atoms with Crippen molar-refractivity contribution >= 4 is 23.2 Å². The molecule has 0 bridgehead atoms. The average Bonchev–Trinajstić information content (AvgIpc) is 2.73. The maximum absolute atomic E-state index is 12.9. The van der Waals surface area contributed by atoms with Crippen molar-refractivity contribution in [2.75, 3.05) is 44.2 Å².